The van der Waals surface area contributed by atoms with Crippen molar-refractivity contribution in [3.05, 3.63) is 0 Å². The van der Waals surface area contributed by atoms with E-state index in [9.17, 15) is 0 Å². The van der Waals surface area contributed by atoms with E-state index >= 15 is 0 Å². The summed E-state index contributed by atoms with van der Waals surface area (Å²) in [6.07, 6.45) is 18.6. The first-order chi connectivity index (χ1) is 10.4. The van der Waals surface area contributed by atoms with Crippen LogP contribution >= 0.6 is 11.8 Å². The van der Waals surface area contributed by atoms with Crippen molar-refractivity contribution in [2.75, 3.05) is 12.3 Å². The molecule has 2 heteroatoms. The molecule has 1 atom stereocenters. The van der Waals surface area contributed by atoms with Gasteiger partial charge in [0.1, 0.15) is 0 Å². The molecule has 1 aliphatic rings. The number of hydrogen-bond acceptors (Lipinski definition) is 2. The molecule has 1 N–H and O–H groups in total. The Morgan fingerprint density at radius 1 is 0.905 bits per heavy atom. The third kappa shape index (κ3) is 10.6. The monoisotopic (exact) mass is 313 g/mol. The highest BCUT2D eigenvalue weighted by atomic mass is 32.2. The lowest BCUT2D eigenvalue weighted by molar-refractivity contribution is 0.482. The molecule has 21 heavy (non-hydrogen) atoms. The number of rotatable bonds is 14. The zero-order valence-corrected chi connectivity index (χ0v) is 15.5. The van der Waals surface area contributed by atoms with E-state index in [0.717, 1.165) is 11.3 Å². The minimum Gasteiger partial charge on any atom is -0.313 e. The summed E-state index contributed by atoms with van der Waals surface area (Å²) in [6, 6.07) is 0.770. The fourth-order valence-electron chi connectivity index (χ4n) is 3.25. The van der Waals surface area contributed by atoms with Crippen molar-refractivity contribution in [1.29, 1.82) is 0 Å². The quantitative estimate of drug-likeness (QED) is 0.385. The molecule has 1 fully saturated rings. The van der Waals surface area contributed by atoms with Crippen LogP contribution in [-0.2, 0) is 0 Å². The summed E-state index contributed by atoms with van der Waals surface area (Å²) >= 11 is 2.25. The molecule has 0 aromatic carbocycles. The van der Waals surface area contributed by atoms with Crippen LogP contribution in [0.2, 0.25) is 0 Å². The molecule has 0 bridgehead atoms. The first-order valence-corrected chi connectivity index (χ1v) is 10.8. The standard InChI is InChI=1S/C19H39NS/c1-3-5-6-7-8-9-10-13-18(20-16-4-2)17-21-19-14-11-12-15-19/h18-20H,3-17H2,1-2H3. The lowest BCUT2D eigenvalue weighted by atomic mass is 10.1. The molecule has 0 amide bonds. The Labute approximate surface area is 138 Å². The largest absolute Gasteiger partial charge is 0.313 e. The summed E-state index contributed by atoms with van der Waals surface area (Å²) in [5, 5.41) is 4.76. The Balaban J connectivity index is 2.04. The number of thioether (sulfide) groups is 1. The van der Waals surface area contributed by atoms with Crippen molar-refractivity contribution in [3.63, 3.8) is 0 Å². The molecular weight excluding hydrogens is 274 g/mol. The van der Waals surface area contributed by atoms with Crippen LogP contribution in [-0.4, -0.2) is 23.6 Å². The van der Waals surface area contributed by atoms with E-state index in [2.05, 4.69) is 30.9 Å². The molecule has 0 saturated heterocycles. The molecule has 0 heterocycles. The predicted octanol–water partition coefficient (Wildman–Crippen LogP) is 6.17. The summed E-state index contributed by atoms with van der Waals surface area (Å²) < 4.78 is 0. The maximum Gasteiger partial charge on any atom is 0.0158 e. The van der Waals surface area contributed by atoms with Crippen molar-refractivity contribution >= 4 is 11.8 Å². The SMILES string of the molecule is CCCCCCCCCC(CSC1CCCC1)NCCC. The second kappa shape index (κ2) is 13.9. The van der Waals surface area contributed by atoms with Crippen LogP contribution in [0.25, 0.3) is 0 Å². The Kier molecular flexibility index (Phi) is 12.8. The third-order valence-electron chi connectivity index (χ3n) is 4.67. The average Bonchev–Trinajstić information content (AvgIpc) is 3.01. The Bertz CT molecular complexity index is 214. The lowest BCUT2D eigenvalue weighted by Gasteiger charge is -2.20. The van der Waals surface area contributed by atoms with Crippen LogP contribution in [0.3, 0.4) is 0 Å². The second-order valence-electron chi connectivity index (χ2n) is 6.80. The van der Waals surface area contributed by atoms with Crippen LogP contribution in [0.1, 0.15) is 97.3 Å². The van der Waals surface area contributed by atoms with Gasteiger partial charge in [0.05, 0.1) is 0 Å². The maximum atomic E-state index is 3.78. The van der Waals surface area contributed by atoms with E-state index in [-0.39, 0.29) is 0 Å². The van der Waals surface area contributed by atoms with E-state index in [1.807, 2.05) is 0 Å². The highest BCUT2D eigenvalue weighted by molar-refractivity contribution is 7.99. The third-order valence-corrected chi connectivity index (χ3v) is 6.21. The summed E-state index contributed by atoms with van der Waals surface area (Å²) in [5.74, 6) is 1.35. The first-order valence-electron chi connectivity index (χ1n) is 9.71. The molecule has 0 radical (unpaired) electrons. The minimum atomic E-state index is 0.770. The molecule has 1 nitrogen and oxygen atoms in total. The van der Waals surface area contributed by atoms with Gasteiger partial charge in [-0.3, -0.25) is 0 Å². The maximum absolute atomic E-state index is 3.78. The highest BCUT2D eigenvalue weighted by Gasteiger charge is 2.17. The van der Waals surface area contributed by atoms with Gasteiger partial charge >= 0.3 is 0 Å². The van der Waals surface area contributed by atoms with Gasteiger partial charge in [-0.05, 0) is 32.2 Å². The molecule has 0 aliphatic heterocycles. The molecule has 0 aromatic heterocycles. The van der Waals surface area contributed by atoms with Crippen LogP contribution in [0.5, 0.6) is 0 Å². The van der Waals surface area contributed by atoms with Crippen molar-refractivity contribution in [2.24, 2.45) is 0 Å². The average molecular weight is 314 g/mol. The number of hydrogen-bond donors (Lipinski definition) is 1. The van der Waals surface area contributed by atoms with Crippen molar-refractivity contribution in [2.45, 2.75) is 109 Å². The molecule has 1 saturated carbocycles. The summed E-state index contributed by atoms with van der Waals surface area (Å²) in [6.45, 7) is 5.78. The summed E-state index contributed by atoms with van der Waals surface area (Å²) in [5.41, 5.74) is 0. The smallest absolute Gasteiger partial charge is 0.0158 e. The lowest BCUT2D eigenvalue weighted by Crippen LogP contribution is -2.32. The summed E-state index contributed by atoms with van der Waals surface area (Å²) in [4.78, 5) is 0. The molecule has 0 spiro atoms. The van der Waals surface area contributed by atoms with Gasteiger partial charge in [0.2, 0.25) is 0 Å². The Hall–Kier alpha value is 0.310. The number of unbranched alkanes of at least 4 members (excludes halogenated alkanes) is 6. The zero-order chi connectivity index (χ0) is 15.2. The number of nitrogens with one attached hydrogen (secondary N) is 1. The Morgan fingerprint density at radius 2 is 1.57 bits per heavy atom. The van der Waals surface area contributed by atoms with Crippen molar-refractivity contribution in [3.8, 4) is 0 Å². The molecule has 1 aliphatic carbocycles. The topological polar surface area (TPSA) is 12.0 Å². The van der Waals surface area contributed by atoms with Crippen molar-refractivity contribution in [1.82, 2.24) is 5.32 Å². The van der Waals surface area contributed by atoms with Gasteiger partial charge in [0, 0.05) is 17.0 Å². The molecule has 126 valence electrons. The Morgan fingerprint density at radius 3 is 2.24 bits per heavy atom. The predicted molar refractivity (Wildman–Crippen MR) is 99.4 cm³/mol. The van der Waals surface area contributed by atoms with E-state index in [0.29, 0.717) is 0 Å². The van der Waals surface area contributed by atoms with Gasteiger partial charge < -0.3 is 5.32 Å². The van der Waals surface area contributed by atoms with Crippen LogP contribution < -0.4 is 5.32 Å². The van der Waals surface area contributed by atoms with Gasteiger partial charge in [0.25, 0.3) is 0 Å². The van der Waals surface area contributed by atoms with Gasteiger partial charge in [-0.25, -0.2) is 0 Å². The van der Waals surface area contributed by atoms with Crippen LogP contribution in [0, 0.1) is 0 Å². The van der Waals surface area contributed by atoms with E-state index < -0.39 is 0 Å². The zero-order valence-electron chi connectivity index (χ0n) is 14.7. The van der Waals surface area contributed by atoms with Gasteiger partial charge in [0.15, 0.2) is 0 Å². The normalized spacial score (nSPS) is 17.4. The molecule has 0 aromatic rings. The van der Waals surface area contributed by atoms with Crippen LogP contribution in [0.4, 0.5) is 0 Å². The van der Waals surface area contributed by atoms with Gasteiger partial charge in [-0.15, -0.1) is 0 Å². The fraction of sp³-hybridized carbons (Fsp3) is 1.00. The van der Waals surface area contributed by atoms with E-state index in [1.165, 1.54) is 95.8 Å². The second-order valence-corrected chi connectivity index (χ2v) is 8.13. The fourth-order valence-corrected chi connectivity index (χ4v) is 4.70. The van der Waals surface area contributed by atoms with Gasteiger partial charge in [-0.2, -0.15) is 11.8 Å². The minimum absolute atomic E-state index is 0.770. The first kappa shape index (κ1) is 19.4. The molecule has 1 unspecified atom stereocenters. The molecular formula is C19H39NS. The summed E-state index contributed by atoms with van der Waals surface area (Å²) in [7, 11) is 0. The van der Waals surface area contributed by atoms with E-state index in [4.69, 9.17) is 0 Å². The molecule has 1 rings (SSSR count). The van der Waals surface area contributed by atoms with Crippen LogP contribution in [0.15, 0.2) is 0 Å². The van der Waals surface area contributed by atoms with Crippen molar-refractivity contribution < 1.29 is 0 Å². The van der Waals surface area contributed by atoms with Gasteiger partial charge in [-0.1, -0.05) is 71.6 Å². The highest BCUT2D eigenvalue weighted by Crippen LogP contribution is 2.30. The van der Waals surface area contributed by atoms with E-state index in [1.54, 1.807) is 0 Å².